The van der Waals surface area contributed by atoms with Crippen LogP contribution in [0.15, 0.2) is 66.7 Å². The predicted molar refractivity (Wildman–Crippen MR) is 128 cm³/mol. The SMILES string of the molecule is Cc1ccccc1C(=O)Nc1ccc(N2CCN(c3cccc(Cl)c3)CC2)cc1C(=O)O. The predicted octanol–water partition coefficient (Wildman–Crippen LogP) is 4.93. The van der Waals surface area contributed by atoms with E-state index in [0.29, 0.717) is 10.6 Å². The third-order valence-electron chi connectivity index (χ3n) is 5.69. The molecule has 2 N–H and O–H groups in total. The molecule has 0 radical (unpaired) electrons. The van der Waals surface area contributed by atoms with Gasteiger partial charge in [-0.05, 0) is 55.0 Å². The fraction of sp³-hybridized carbons (Fsp3) is 0.200. The number of aromatic carboxylic acids is 1. The highest BCUT2D eigenvalue weighted by atomic mass is 35.5. The lowest BCUT2D eigenvalue weighted by Gasteiger charge is -2.37. The number of nitrogens with zero attached hydrogens (tertiary/aromatic N) is 2. The third-order valence-corrected chi connectivity index (χ3v) is 5.92. The fourth-order valence-corrected chi connectivity index (χ4v) is 4.11. The van der Waals surface area contributed by atoms with Crippen molar-refractivity contribution in [2.45, 2.75) is 6.92 Å². The Labute approximate surface area is 192 Å². The van der Waals surface area contributed by atoms with Gasteiger partial charge >= 0.3 is 5.97 Å². The number of carbonyl (C=O) groups is 2. The molecule has 7 heteroatoms. The number of benzene rings is 3. The van der Waals surface area contributed by atoms with Crippen LogP contribution >= 0.6 is 11.6 Å². The molecule has 1 heterocycles. The zero-order valence-electron chi connectivity index (χ0n) is 17.7. The van der Waals surface area contributed by atoms with Gasteiger partial charge in [0, 0.05) is 48.1 Å². The van der Waals surface area contributed by atoms with Crippen molar-refractivity contribution in [3.05, 3.63) is 88.4 Å². The normalized spacial score (nSPS) is 13.7. The highest BCUT2D eigenvalue weighted by Gasteiger charge is 2.21. The first-order chi connectivity index (χ1) is 15.4. The van der Waals surface area contributed by atoms with Gasteiger partial charge in [0.25, 0.3) is 5.91 Å². The van der Waals surface area contributed by atoms with Gasteiger partial charge in [-0.3, -0.25) is 4.79 Å². The number of carboxylic acid groups (broad SMARTS) is 1. The highest BCUT2D eigenvalue weighted by Crippen LogP contribution is 2.27. The summed E-state index contributed by atoms with van der Waals surface area (Å²) in [5.74, 6) is -1.40. The minimum Gasteiger partial charge on any atom is -0.478 e. The second-order valence-corrected chi connectivity index (χ2v) is 8.19. The van der Waals surface area contributed by atoms with Crippen LogP contribution in [0, 0.1) is 6.92 Å². The van der Waals surface area contributed by atoms with Gasteiger partial charge in [-0.15, -0.1) is 0 Å². The molecule has 3 aromatic carbocycles. The van der Waals surface area contributed by atoms with Gasteiger partial charge in [0.15, 0.2) is 0 Å². The van der Waals surface area contributed by atoms with Gasteiger partial charge in [-0.1, -0.05) is 35.9 Å². The monoisotopic (exact) mass is 449 g/mol. The van der Waals surface area contributed by atoms with Gasteiger partial charge in [0.1, 0.15) is 0 Å². The highest BCUT2D eigenvalue weighted by molar-refractivity contribution is 6.30. The molecule has 164 valence electrons. The van der Waals surface area contributed by atoms with Gasteiger partial charge in [0.2, 0.25) is 0 Å². The lowest BCUT2D eigenvalue weighted by atomic mass is 10.1. The second kappa shape index (κ2) is 9.32. The van der Waals surface area contributed by atoms with Crippen molar-refractivity contribution in [1.82, 2.24) is 0 Å². The van der Waals surface area contributed by atoms with E-state index in [9.17, 15) is 14.7 Å². The maximum atomic E-state index is 12.7. The molecule has 1 fully saturated rings. The standard InChI is InChI=1S/C25H24ClN3O3/c1-17-5-2-3-8-21(17)24(30)27-23-10-9-20(16-22(23)25(31)32)29-13-11-28(12-14-29)19-7-4-6-18(26)15-19/h2-10,15-16H,11-14H2,1H3,(H,27,30)(H,31,32). The first-order valence-corrected chi connectivity index (χ1v) is 10.8. The number of carboxylic acids is 1. The van der Waals surface area contributed by atoms with Crippen LogP contribution in [-0.4, -0.2) is 43.2 Å². The molecule has 1 aliphatic rings. The molecule has 32 heavy (non-hydrogen) atoms. The summed E-state index contributed by atoms with van der Waals surface area (Å²) in [6, 6.07) is 20.1. The first kappa shape index (κ1) is 21.7. The van der Waals surface area contributed by atoms with Crippen molar-refractivity contribution >= 4 is 40.5 Å². The van der Waals surface area contributed by atoms with Gasteiger partial charge in [0.05, 0.1) is 11.3 Å². The number of nitrogens with one attached hydrogen (secondary N) is 1. The van der Waals surface area contributed by atoms with Crippen LogP contribution in [0.1, 0.15) is 26.3 Å². The lowest BCUT2D eigenvalue weighted by Crippen LogP contribution is -2.46. The van der Waals surface area contributed by atoms with Crippen LogP contribution in [0.3, 0.4) is 0 Å². The van der Waals surface area contributed by atoms with E-state index in [1.54, 1.807) is 24.3 Å². The molecule has 0 atom stereocenters. The molecule has 4 rings (SSSR count). The minimum absolute atomic E-state index is 0.0710. The Bertz CT molecular complexity index is 1160. The van der Waals surface area contributed by atoms with Gasteiger partial charge < -0.3 is 20.2 Å². The molecule has 0 bridgehead atoms. The third kappa shape index (κ3) is 4.70. The summed E-state index contributed by atoms with van der Waals surface area (Å²) in [4.78, 5) is 29.0. The average molecular weight is 450 g/mol. The molecule has 0 spiro atoms. The Hall–Kier alpha value is -3.51. The average Bonchev–Trinajstić information content (AvgIpc) is 2.79. The zero-order valence-corrected chi connectivity index (χ0v) is 18.5. The smallest absolute Gasteiger partial charge is 0.337 e. The van der Waals surface area contributed by atoms with Crippen LogP contribution in [0.2, 0.25) is 5.02 Å². The summed E-state index contributed by atoms with van der Waals surface area (Å²) in [6.07, 6.45) is 0. The molecule has 6 nitrogen and oxygen atoms in total. The van der Waals surface area contributed by atoms with Crippen molar-refractivity contribution < 1.29 is 14.7 Å². The zero-order chi connectivity index (χ0) is 22.7. The maximum Gasteiger partial charge on any atom is 0.337 e. The van der Waals surface area contributed by atoms with Crippen LogP contribution in [0.25, 0.3) is 0 Å². The molecular formula is C25H24ClN3O3. The van der Waals surface area contributed by atoms with E-state index in [2.05, 4.69) is 15.1 Å². The molecule has 0 unspecified atom stereocenters. The van der Waals surface area contributed by atoms with Crippen molar-refractivity contribution in [1.29, 1.82) is 0 Å². The Morgan fingerprint density at radius 3 is 2.12 bits per heavy atom. The van der Waals surface area contributed by atoms with Crippen LogP contribution in [0.5, 0.6) is 0 Å². The summed E-state index contributed by atoms with van der Waals surface area (Å²) in [6.45, 7) is 4.95. The second-order valence-electron chi connectivity index (χ2n) is 7.76. The number of halogens is 1. The number of piperazine rings is 1. The molecule has 1 aliphatic heterocycles. The Kier molecular flexibility index (Phi) is 6.32. The number of carbonyl (C=O) groups excluding carboxylic acids is 1. The summed E-state index contributed by atoms with van der Waals surface area (Å²) < 4.78 is 0. The quantitative estimate of drug-likeness (QED) is 0.578. The van der Waals surface area contributed by atoms with Crippen LogP contribution < -0.4 is 15.1 Å². The molecule has 1 saturated heterocycles. The molecular weight excluding hydrogens is 426 g/mol. The van der Waals surface area contributed by atoms with Crippen LogP contribution in [0.4, 0.5) is 17.1 Å². The van der Waals surface area contributed by atoms with Gasteiger partial charge in [-0.2, -0.15) is 0 Å². The fourth-order valence-electron chi connectivity index (χ4n) is 3.93. The largest absolute Gasteiger partial charge is 0.478 e. The Morgan fingerprint density at radius 1 is 0.844 bits per heavy atom. The van der Waals surface area contributed by atoms with E-state index in [4.69, 9.17) is 11.6 Å². The topological polar surface area (TPSA) is 72.9 Å². The number of amides is 1. The van der Waals surface area contributed by atoms with Crippen molar-refractivity contribution in [3.8, 4) is 0 Å². The van der Waals surface area contributed by atoms with Crippen molar-refractivity contribution in [2.24, 2.45) is 0 Å². The summed E-state index contributed by atoms with van der Waals surface area (Å²) in [5.41, 5.74) is 3.61. The molecule has 0 saturated carbocycles. The van der Waals surface area contributed by atoms with Crippen molar-refractivity contribution in [2.75, 3.05) is 41.3 Å². The molecule has 3 aromatic rings. The van der Waals surface area contributed by atoms with E-state index >= 15 is 0 Å². The number of hydrogen-bond donors (Lipinski definition) is 2. The number of aryl methyl sites for hydroxylation is 1. The van der Waals surface area contributed by atoms with E-state index in [1.165, 1.54) is 0 Å². The number of anilines is 3. The maximum absolute atomic E-state index is 12.7. The molecule has 1 amide bonds. The number of hydrogen-bond acceptors (Lipinski definition) is 4. The van der Waals surface area contributed by atoms with Crippen LogP contribution in [-0.2, 0) is 0 Å². The molecule has 0 aromatic heterocycles. The van der Waals surface area contributed by atoms with E-state index < -0.39 is 5.97 Å². The lowest BCUT2D eigenvalue weighted by molar-refractivity contribution is 0.0698. The summed E-state index contributed by atoms with van der Waals surface area (Å²) in [7, 11) is 0. The minimum atomic E-state index is -1.08. The van der Waals surface area contributed by atoms with E-state index in [1.807, 2.05) is 49.4 Å². The van der Waals surface area contributed by atoms with Crippen molar-refractivity contribution in [3.63, 3.8) is 0 Å². The number of rotatable bonds is 5. The summed E-state index contributed by atoms with van der Waals surface area (Å²) >= 11 is 6.11. The van der Waals surface area contributed by atoms with E-state index in [-0.39, 0.29) is 17.2 Å². The van der Waals surface area contributed by atoms with E-state index in [0.717, 1.165) is 43.1 Å². The van der Waals surface area contributed by atoms with Gasteiger partial charge in [-0.25, -0.2) is 4.79 Å². The summed E-state index contributed by atoms with van der Waals surface area (Å²) in [5, 5.41) is 13.2. The molecule has 0 aliphatic carbocycles. The Morgan fingerprint density at radius 2 is 1.50 bits per heavy atom. The Balaban J connectivity index is 1.49. The first-order valence-electron chi connectivity index (χ1n) is 10.4.